The van der Waals surface area contributed by atoms with Gasteiger partial charge >= 0.3 is 0 Å². The van der Waals surface area contributed by atoms with Crippen LogP contribution in [0.1, 0.15) is 0 Å². The Balaban J connectivity index is 1.25. The number of hydrogen-bond acceptors (Lipinski definition) is 3. The molecule has 0 N–H and O–H groups in total. The number of pyridine rings is 2. The molecule has 0 bridgehead atoms. The van der Waals surface area contributed by atoms with Gasteiger partial charge in [0.15, 0.2) is 0 Å². The Labute approximate surface area is 285 Å². The summed E-state index contributed by atoms with van der Waals surface area (Å²) in [6.45, 7) is 0. The van der Waals surface area contributed by atoms with Crippen molar-refractivity contribution in [2.75, 3.05) is 0 Å². The molecule has 0 saturated heterocycles. The number of nitrogens with zero attached hydrogens (tertiary/aromatic N) is 2. The Morgan fingerprint density at radius 3 is 1.73 bits per heavy atom. The molecule has 0 aliphatic heterocycles. The van der Waals surface area contributed by atoms with Gasteiger partial charge in [-0.15, -0.1) is 11.3 Å². The molecule has 8 aromatic carbocycles. The van der Waals surface area contributed by atoms with Crippen LogP contribution in [0.25, 0.3) is 108 Å². The molecule has 3 heteroatoms. The van der Waals surface area contributed by atoms with Crippen LogP contribution in [0, 0.1) is 0 Å². The van der Waals surface area contributed by atoms with Crippen LogP contribution in [-0.2, 0) is 0 Å². The summed E-state index contributed by atoms with van der Waals surface area (Å²) in [7, 11) is 0. The standard InChI is InChI=1S/C46H26N2S/c1-3-14-31-27(10-1)20-22-35-41(36-23-21-28-11-2-4-15-32(28)46(36)48-45(31)35)29-12-9-13-30(26-29)44-37-24-25-40-43(34-17-6-8-19-39(34)49-40)42(37)33-16-5-7-18-38(33)47-44/h1-26H. The fourth-order valence-corrected chi connectivity index (χ4v) is 9.14. The van der Waals surface area contributed by atoms with Gasteiger partial charge in [0.25, 0.3) is 0 Å². The van der Waals surface area contributed by atoms with Gasteiger partial charge in [0, 0.05) is 69.0 Å². The van der Waals surface area contributed by atoms with Crippen LogP contribution in [0.4, 0.5) is 0 Å². The second-order valence-electron chi connectivity index (χ2n) is 12.9. The molecule has 2 nitrogen and oxygen atoms in total. The molecule has 0 fully saturated rings. The molecule has 226 valence electrons. The third-order valence-corrected chi connectivity index (χ3v) is 11.3. The predicted octanol–water partition coefficient (Wildman–Crippen LogP) is 13.1. The van der Waals surface area contributed by atoms with Crippen molar-refractivity contribution in [2.24, 2.45) is 0 Å². The van der Waals surface area contributed by atoms with Crippen LogP contribution in [0.15, 0.2) is 158 Å². The molecule has 0 radical (unpaired) electrons. The average molecular weight is 639 g/mol. The lowest BCUT2D eigenvalue weighted by Gasteiger charge is -2.16. The maximum absolute atomic E-state index is 5.41. The van der Waals surface area contributed by atoms with E-state index >= 15 is 0 Å². The zero-order chi connectivity index (χ0) is 32.1. The number of rotatable bonds is 2. The molecular weight excluding hydrogens is 613 g/mol. The number of para-hydroxylation sites is 1. The number of benzene rings is 8. The van der Waals surface area contributed by atoms with Gasteiger partial charge in [-0.05, 0) is 40.6 Å². The number of aromatic nitrogens is 2. The highest BCUT2D eigenvalue weighted by Gasteiger charge is 2.19. The predicted molar refractivity (Wildman–Crippen MR) is 211 cm³/mol. The van der Waals surface area contributed by atoms with E-state index in [2.05, 4.69) is 158 Å². The van der Waals surface area contributed by atoms with Crippen LogP contribution in [-0.4, -0.2) is 9.97 Å². The van der Waals surface area contributed by atoms with E-state index in [1.165, 1.54) is 63.4 Å². The van der Waals surface area contributed by atoms with Crippen molar-refractivity contribution in [1.29, 1.82) is 0 Å². The van der Waals surface area contributed by atoms with E-state index in [-0.39, 0.29) is 0 Å². The lowest BCUT2D eigenvalue weighted by Crippen LogP contribution is -1.93. The van der Waals surface area contributed by atoms with Crippen LogP contribution < -0.4 is 0 Å². The molecule has 3 heterocycles. The maximum Gasteiger partial charge on any atom is 0.0794 e. The van der Waals surface area contributed by atoms with Crippen LogP contribution in [0.3, 0.4) is 0 Å². The first-order valence-corrected chi connectivity index (χ1v) is 17.5. The summed E-state index contributed by atoms with van der Waals surface area (Å²) in [5, 5.41) is 13.3. The van der Waals surface area contributed by atoms with Gasteiger partial charge in [0.2, 0.25) is 0 Å². The average Bonchev–Trinajstić information content (AvgIpc) is 3.55. The van der Waals surface area contributed by atoms with E-state index in [0.717, 1.165) is 44.1 Å². The van der Waals surface area contributed by atoms with Gasteiger partial charge < -0.3 is 0 Å². The van der Waals surface area contributed by atoms with Crippen LogP contribution in [0.5, 0.6) is 0 Å². The van der Waals surface area contributed by atoms with Gasteiger partial charge in [0.05, 0.1) is 22.2 Å². The highest BCUT2D eigenvalue weighted by atomic mass is 32.1. The van der Waals surface area contributed by atoms with Gasteiger partial charge in [0.1, 0.15) is 0 Å². The number of fused-ring (bicyclic) bond motifs is 13. The minimum absolute atomic E-state index is 1.01. The van der Waals surface area contributed by atoms with Gasteiger partial charge in [-0.1, -0.05) is 133 Å². The molecule has 0 saturated carbocycles. The van der Waals surface area contributed by atoms with Crippen molar-refractivity contribution < 1.29 is 0 Å². The Hall–Kier alpha value is -6.16. The lowest BCUT2D eigenvalue weighted by atomic mass is 9.90. The smallest absolute Gasteiger partial charge is 0.0794 e. The minimum Gasteiger partial charge on any atom is -0.247 e. The number of thiophene rings is 1. The second kappa shape index (κ2) is 10.2. The van der Waals surface area contributed by atoms with Crippen molar-refractivity contribution in [3.8, 4) is 22.4 Å². The Morgan fingerprint density at radius 2 is 0.980 bits per heavy atom. The summed E-state index contributed by atoms with van der Waals surface area (Å²) in [5.74, 6) is 0. The molecule has 49 heavy (non-hydrogen) atoms. The molecule has 3 aromatic heterocycles. The SMILES string of the molecule is c1cc(-c2c3ccc4ccccc4c3nc3c2ccc2ccccc23)cc(-c2nc3ccccc3c3c2ccc2sc4ccccc4c23)c1. The zero-order valence-electron chi connectivity index (χ0n) is 26.3. The van der Waals surface area contributed by atoms with Crippen LogP contribution >= 0.6 is 11.3 Å². The fourth-order valence-electron chi connectivity index (χ4n) is 8.02. The molecule has 0 aliphatic carbocycles. The first kappa shape index (κ1) is 26.9. The highest BCUT2D eigenvalue weighted by molar-refractivity contribution is 7.26. The van der Waals surface area contributed by atoms with E-state index in [9.17, 15) is 0 Å². The molecule has 0 spiro atoms. The van der Waals surface area contributed by atoms with Crippen LogP contribution in [0.2, 0.25) is 0 Å². The van der Waals surface area contributed by atoms with Gasteiger partial charge in [-0.25, -0.2) is 9.97 Å². The summed E-state index contributed by atoms with van der Waals surface area (Å²) < 4.78 is 2.62. The molecule has 0 atom stereocenters. The van der Waals surface area contributed by atoms with Crippen molar-refractivity contribution in [2.45, 2.75) is 0 Å². The van der Waals surface area contributed by atoms with Crippen molar-refractivity contribution in [3.63, 3.8) is 0 Å². The summed E-state index contributed by atoms with van der Waals surface area (Å²) in [5.41, 5.74) is 7.54. The monoisotopic (exact) mass is 638 g/mol. The van der Waals surface area contributed by atoms with E-state index in [0.29, 0.717) is 0 Å². The number of hydrogen-bond donors (Lipinski definition) is 0. The summed E-state index contributed by atoms with van der Waals surface area (Å²) in [6.07, 6.45) is 0. The quantitative estimate of drug-likeness (QED) is 0.139. The first-order chi connectivity index (χ1) is 24.3. The highest BCUT2D eigenvalue weighted by Crippen LogP contribution is 2.45. The van der Waals surface area contributed by atoms with E-state index in [1.54, 1.807) is 0 Å². The summed E-state index contributed by atoms with van der Waals surface area (Å²) in [6, 6.07) is 57.1. The van der Waals surface area contributed by atoms with Crippen molar-refractivity contribution in [1.82, 2.24) is 9.97 Å². The molecule has 11 rings (SSSR count). The Kier molecular flexibility index (Phi) is 5.57. The topological polar surface area (TPSA) is 25.8 Å². The fraction of sp³-hybridized carbons (Fsp3) is 0. The molecule has 0 unspecified atom stereocenters. The van der Waals surface area contributed by atoms with Crippen molar-refractivity contribution >= 4 is 96.5 Å². The Bertz CT molecular complexity index is 3080. The van der Waals surface area contributed by atoms with E-state index in [1.807, 2.05) is 11.3 Å². The second-order valence-corrected chi connectivity index (χ2v) is 14.0. The first-order valence-electron chi connectivity index (χ1n) is 16.7. The Morgan fingerprint density at radius 1 is 0.367 bits per heavy atom. The summed E-state index contributed by atoms with van der Waals surface area (Å²) in [4.78, 5) is 10.8. The van der Waals surface area contributed by atoms with Gasteiger partial charge in [-0.3, -0.25) is 0 Å². The molecular formula is C46H26N2S. The normalized spacial score (nSPS) is 12.1. The third-order valence-electron chi connectivity index (χ3n) is 10.2. The van der Waals surface area contributed by atoms with E-state index in [4.69, 9.17) is 9.97 Å². The largest absolute Gasteiger partial charge is 0.247 e. The van der Waals surface area contributed by atoms with Crippen molar-refractivity contribution in [3.05, 3.63) is 158 Å². The lowest BCUT2D eigenvalue weighted by molar-refractivity contribution is 1.43. The van der Waals surface area contributed by atoms with E-state index < -0.39 is 0 Å². The molecule has 0 amide bonds. The van der Waals surface area contributed by atoms with Gasteiger partial charge in [-0.2, -0.15) is 0 Å². The summed E-state index contributed by atoms with van der Waals surface area (Å²) >= 11 is 1.86. The minimum atomic E-state index is 1.01. The zero-order valence-corrected chi connectivity index (χ0v) is 27.1. The third kappa shape index (κ3) is 3.88. The maximum atomic E-state index is 5.41. The molecule has 11 aromatic rings. The molecule has 0 aliphatic rings.